The van der Waals surface area contributed by atoms with Crippen LogP contribution < -0.4 is 15.4 Å². The van der Waals surface area contributed by atoms with E-state index < -0.39 is 0 Å². The van der Waals surface area contributed by atoms with Crippen molar-refractivity contribution < 1.29 is 13.9 Å². The predicted molar refractivity (Wildman–Crippen MR) is 83.6 cm³/mol. The molecule has 3 heterocycles. The second-order valence-electron chi connectivity index (χ2n) is 6.24. The predicted octanol–water partition coefficient (Wildman–Crippen LogP) is 2.40. The van der Waals surface area contributed by atoms with E-state index >= 15 is 0 Å². The first-order chi connectivity index (χ1) is 11.2. The van der Waals surface area contributed by atoms with Crippen LogP contribution in [0.2, 0.25) is 0 Å². The second-order valence-corrected chi connectivity index (χ2v) is 6.24. The highest BCUT2D eigenvalue weighted by atomic mass is 16.6. The summed E-state index contributed by atoms with van der Waals surface area (Å²) in [7, 11) is 0. The Kier molecular flexibility index (Phi) is 3.53. The van der Waals surface area contributed by atoms with Crippen LogP contribution in [-0.4, -0.2) is 29.0 Å². The monoisotopic (exact) mass is 313 g/mol. The van der Waals surface area contributed by atoms with E-state index in [0.29, 0.717) is 23.4 Å². The number of carbonyl (C=O) groups excluding carboxylic acids is 1. The van der Waals surface area contributed by atoms with E-state index in [1.54, 1.807) is 24.3 Å². The second kappa shape index (κ2) is 5.70. The van der Waals surface area contributed by atoms with Gasteiger partial charge in [0.1, 0.15) is 12.0 Å². The van der Waals surface area contributed by atoms with Crippen molar-refractivity contribution in [2.45, 2.75) is 44.3 Å². The molecule has 2 aliphatic heterocycles. The molecule has 0 spiro atoms. The lowest BCUT2D eigenvalue weighted by Crippen LogP contribution is -2.42. The van der Waals surface area contributed by atoms with Gasteiger partial charge in [0.05, 0.1) is 5.69 Å². The van der Waals surface area contributed by atoms with Crippen molar-refractivity contribution in [2.24, 2.45) is 0 Å². The maximum absolute atomic E-state index is 12.3. The number of benzene rings is 1. The molecule has 1 aromatic heterocycles. The lowest BCUT2D eigenvalue weighted by molar-refractivity contribution is 0.0931. The number of nitrogens with zero attached hydrogens (tertiary/aromatic N) is 1. The van der Waals surface area contributed by atoms with Crippen LogP contribution in [0.4, 0.5) is 0 Å². The van der Waals surface area contributed by atoms with Crippen LogP contribution in [-0.2, 0) is 0 Å². The number of aromatic nitrogens is 1. The summed E-state index contributed by atoms with van der Waals surface area (Å²) in [5.74, 6) is 0.549. The lowest BCUT2D eigenvalue weighted by Gasteiger charge is -2.21. The normalized spacial score (nSPS) is 25.5. The van der Waals surface area contributed by atoms with Gasteiger partial charge in [-0.05, 0) is 50.5 Å². The Morgan fingerprint density at radius 1 is 1.35 bits per heavy atom. The highest BCUT2D eigenvalue weighted by molar-refractivity contribution is 5.94. The van der Waals surface area contributed by atoms with Crippen molar-refractivity contribution in [1.29, 1.82) is 0 Å². The third-order valence-corrected chi connectivity index (χ3v) is 4.54. The number of hydrogen-bond donors (Lipinski definition) is 2. The third kappa shape index (κ3) is 2.94. The van der Waals surface area contributed by atoms with Crippen LogP contribution in [0.3, 0.4) is 0 Å². The van der Waals surface area contributed by atoms with Gasteiger partial charge < -0.3 is 19.8 Å². The molecule has 2 bridgehead atoms. The molecule has 0 saturated carbocycles. The van der Waals surface area contributed by atoms with Crippen LogP contribution in [0, 0.1) is 6.92 Å². The van der Waals surface area contributed by atoms with Gasteiger partial charge in [0.25, 0.3) is 5.91 Å². The van der Waals surface area contributed by atoms with Crippen LogP contribution in [0.25, 0.3) is 0 Å². The number of amides is 1. The van der Waals surface area contributed by atoms with E-state index in [1.165, 1.54) is 12.7 Å². The van der Waals surface area contributed by atoms with E-state index in [2.05, 4.69) is 15.6 Å². The first-order valence-corrected chi connectivity index (χ1v) is 7.94. The molecule has 0 aliphatic carbocycles. The Balaban J connectivity index is 1.38. The zero-order valence-corrected chi connectivity index (χ0v) is 12.9. The first kappa shape index (κ1) is 14.3. The van der Waals surface area contributed by atoms with Gasteiger partial charge in [-0.2, -0.15) is 4.98 Å². The van der Waals surface area contributed by atoms with Gasteiger partial charge in [-0.15, -0.1) is 0 Å². The van der Waals surface area contributed by atoms with Gasteiger partial charge in [-0.1, -0.05) is 0 Å². The summed E-state index contributed by atoms with van der Waals surface area (Å²) in [5.41, 5.74) is 1.39. The van der Waals surface area contributed by atoms with Gasteiger partial charge in [0, 0.05) is 23.7 Å². The van der Waals surface area contributed by atoms with E-state index in [9.17, 15) is 4.79 Å². The Bertz CT molecular complexity index is 710. The Hall–Kier alpha value is -2.34. The average Bonchev–Trinajstić information content (AvgIpc) is 3.25. The quantitative estimate of drug-likeness (QED) is 0.906. The van der Waals surface area contributed by atoms with Crippen molar-refractivity contribution in [3.63, 3.8) is 0 Å². The maximum Gasteiger partial charge on any atom is 0.399 e. The summed E-state index contributed by atoms with van der Waals surface area (Å²) in [5, 5.41) is 6.65. The Morgan fingerprint density at radius 2 is 2.17 bits per heavy atom. The first-order valence-electron chi connectivity index (χ1n) is 7.94. The van der Waals surface area contributed by atoms with Gasteiger partial charge >= 0.3 is 6.08 Å². The number of rotatable bonds is 4. The fraction of sp³-hybridized carbons (Fsp3) is 0.412. The van der Waals surface area contributed by atoms with Gasteiger partial charge in [-0.3, -0.25) is 4.79 Å². The summed E-state index contributed by atoms with van der Waals surface area (Å²) in [6.45, 7) is 1.83. The Labute approximate surface area is 134 Å². The molecule has 2 aromatic rings. The highest BCUT2D eigenvalue weighted by Gasteiger charge is 2.39. The highest BCUT2D eigenvalue weighted by Crippen LogP contribution is 2.28. The summed E-state index contributed by atoms with van der Waals surface area (Å²) in [6.07, 6.45) is 5.14. The standard InChI is InChI=1S/C17H19N3O3/c1-10-9-22-17(18-10)23-13-5-2-11(3-6-13)16(21)20-15-8-12-4-7-14(15)19-12/h2-3,5-6,9,12,14-15,19H,4,7-8H2,1H3,(H,20,21)/t12-,14+,15-/m1/s1. The number of aryl methyl sites for hydroxylation is 1. The summed E-state index contributed by atoms with van der Waals surface area (Å²) < 4.78 is 10.6. The molecule has 1 amide bonds. The fourth-order valence-corrected chi connectivity index (χ4v) is 3.39. The molecule has 6 heteroatoms. The van der Waals surface area contributed by atoms with Crippen LogP contribution >= 0.6 is 0 Å². The maximum atomic E-state index is 12.3. The molecule has 2 N–H and O–H groups in total. The number of nitrogens with one attached hydrogen (secondary N) is 2. The molecule has 2 fully saturated rings. The molecule has 120 valence electrons. The zero-order valence-electron chi connectivity index (χ0n) is 12.9. The van der Waals surface area contributed by atoms with Gasteiger partial charge in [0.2, 0.25) is 0 Å². The smallest absolute Gasteiger partial charge is 0.399 e. The minimum absolute atomic E-state index is 0.0390. The van der Waals surface area contributed by atoms with E-state index in [0.717, 1.165) is 18.5 Å². The molecule has 6 nitrogen and oxygen atoms in total. The molecule has 2 saturated heterocycles. The van der Waals surface area contributed by atoms with Crippen molar-refractivity contribution in [3.8, 4) is 11.8 Å². The SMILES string of the molecule is Cc1coc(Oc2ccc(C(=O)N[C@@H]3C[C@H]4CC[C@@H]3N4)cc2)n1. The van der Waals surface area contributed by atoms with Crippen LogP contribution in [0.1, 0.15) is 35.3 Å². The molecule has 0 radical (unpaired) electrons. The lowest BCUT2D eigenvalue weighted by atomic mass is 9.95. The van der Waals surface area contributed by atoms with Crippen LogP contribution in [0.15, 0.2) is 34.9 Å². The number of carbonyl (C=O) groups is 1. The summed E-state index contributed by atoms with van der Waals surface area (Å²) in [4.78, 5) is 16.4. The number of hydrogen-bond acceptors (Lipinski definition) is 5. The topological polar surface area (TPSA) is 76.4 Å². The molecular formula is C17H19N3O3. The van der Waals surface area contributed by atoms with E-state index in [4.69, 9.17) is 9.15 Å². The average molecular weight is 313 g/mol. The van der Waals surface area contributed by atoms with E-state index in [1.807, 2.05) is 6.92 Å². The molecule has 4 rings (SSSR count). The molecule has 3 atom stereocenters. The molecule has 1 aromatic carbocycles. The van der Waals surface area contributed by atoms with Crippen molar-refractivity contribution in [2.75, 3.05) is 0 Å². The summed E-state index contributed by atoms with van der Waals surface area (Å²) in [6, 6.07) is 8.24. The molecule has 2 aliphatic rings. The van der Waals surface area contributed by atoms with Gasteiger partial charge in [-0.25, -0.2) is 0 Å². The zero-order chi connectivity index (χ0) is 15.8. The van der Waals surface area contributed by atoms with Crippen molar-refractivity contribution in [1.82, 2.24) is 15.6 Å². The fourth-order valence-electron chi connectivity index (χ4n) is 3.39. The molecule has 0 unspecified atom stereocenters. The Morgan fingerprint density at radius 3 is 2.78 bits per heavy atom. The molecule has 23 heavy (non-hydrogen) atoms. The number of oxazole rings is 1. The van der Waals surface area contributed by atoms with Gasteiger partial charge in [0.15, 0.2) is 0 Å². The minimum atomic E-state index is -0.0390. The van der Waals surface area contributed by atoms with E-state index in [-0.39, 0.29) is 18.0 Å². The minimum Gasteiger partial charge on any atom is -0.417 e. The largest absolute Gasteiger partial charge is 0.417 e. The molecular weight excluding hydrogens is 294 g/mol. The summed E-state index contributed by atoms with van der Waals surface area (Å²) >= 11 is 0. The van der Waals surface area contributed by atoms with Crippen molar-refractivity contribution in [3.05, 3.63) is 41.8 Å². The van der Waals surface area contributed by atoms with Crippen LogP contribution in [0.5, 0.6) is 11.8 Å². The third-order valence-electron chi connectivity index (χ3n) is 4.54. The number of fused-ring (bicyclic) bond motifs is 2. The van der Waals surface area contributed by atoms with Crippen molar-refractivity contribution >= 4 is 5.91 Å². The number of ether oxygens (including phenoxy) is 1.